The molecule has 0 aromatic carbocycles. The van der Waals surface area contributed by atoms with Crippen molar-refractivity contribution in [3.8, 4) is 5.88 Å². The normalized spacial score (nSPS) is 10.4. The summed E-state index contributed by atoms with van der Waals surface area (Å²) in [5, 5.41) is 2.83. The summed E-state index contributed by atoms with van der Waals surface area (Å²) in [6.45, 7) is 3.76. The van der Waals surface area contributed by atoms with Crippen LogP contribution in [0.4, 0.5) is 5.69 Å². The zero-order valence-corrected chi connectivity index (χ0v) is 11.8. The maximum Gasteiger partial charge on any atom is 0.276 e. The van der Waals surface area contributed by atoms with E-state index >= 15 is 0 Å². The van der Waals surface area contributed by atoms with Crippen molar-refractivity contribution in [2.24, 2.45) is 0 Å². The van der Waals surface area contributed by atoms with Gasteiger partial charge in [0.1, 0.15) is 16.5 Å². The molecule has 2 aromatic heterocycles. The number of ether oxygens (including phenoxy) is 1. The van der Waals surface area contributed by atoms with Gasteiger partial charge in [0.25, 0.3) is 5.91 Å². The Hall–Kier alpha value is -2.21. The van der Waals surface area contributed by atoms with Gasteiger partial charge in [-0.1, -0.05) is 11.6 Å². The Morgan fingerprint density at radius 1 is 1.40 bits per heavy atom. The van der Waals surface area contributed by atoms with Crippen molar-refractivity contribution in [1.82, 2.24) is 15.0 Å². The number of rotatable bonds is 4. The highest BCUT2D eigenvalue weighted by Gasteiger charge is 2.13. The highest BCUT2D eigenvalue weighted by molar-refractivity contribution is 6.29. The fraction of sp³-hybridized carbons (Fsp3) is 0.231. The molecule has 0 aliphatic carbocycles. The second-order valence-corrected chi connectivity index (χ2v) is 4.59. The Bertz CT molecular complexity index is 619. The molecule has 0 fully saturated rings. The quantitative estimate of drug-likeness (QED) is 0.937. The van der Waals surface area contributed by atoms with Crippen molar-refractivity contribution in [3.63, 3.8) is 0 Å². The van der Waals surface area contributed by atoms with E-state index in [0.717, 1.165) is 0 Å². The minimum atomic E-state index is -0.429. The van der Waals surface area contributed by atoms with Gasteiger partial charge in [0.15, 0.2) is 0 Å². The molecule has 1 N–H and O–H groups in total. The van der Waals surface area contributed by atoms with Gasteiger partial charge in [-0.3, -0.25) is 9.78 Å². The molecule has 2 rings (SSSR count). The number of amides is 1. The van der Waals surface area contributed by atoms with Crippen LogP contribution < -0.4 is 10.1 Å². The van der Waals surface area contributed by atoms with Gasteiger partial charge < -0.3 is 10.1 Å². The van der Waals surface area contributed by atoms with E-state index in [-0.39, 0.29) is 17.0 Å². The number of hydrogen-bond acceptors (Lipinski definition) is 5. The van der Waals surface area contributed by atoms with Crippen LogP contribution in [0.25, 0.3) is 0 Å². The standard InChI is InChI=1S/C13H13ClN4O2/c1-8(2)20-13-9(4-3-5-16-13)18-12(19)10-6-15-7-11(14)17-10/h3-8H,1-2H3,(H,18,19). The highest BCUT2D eigenvalue weighted by Crippen LogP contribution is 2.22. The predicted molar refractivity (Wildman–Crippen MR) is 75.0 cm³/mol. The monoisotopic (exact) mass is 292 g/mol. The lowest BCUT2D eigenvalue weighted by atomic mass is 10.3. The lowest BCUT2D eigenvalue weighted by Gasteiger charge is -2.13. The molecular formula is C13H13ClN4O2. The maximum absolute atomic E-state index is 12.0. The van der Waals surface area contributed by atoms with Crippen LogP contribution in [0.5, 0.6) is 5.88 Å². The van der Waals surface area contributed by atoms with Gasteiger partial charge in [-0.05, 0) is 26.0 Å². The van der Waals surface area contributed by atoms with Crippen LogP contribution in [0.3, 0.4) is 0 Å². The zero-order valence-electron chi connectivity index (χ0n) is 11.0. The third kappa shape index (κ3) is 3.64. The number of anilines is 1. The third-order valence-corrected chi connectivity index (χ3v) is 2.39. The van der Waals surface area contributed by atoms with E-state index in [9.17, 15) is 4.79 Å². The summed E-state index contributed by atoms with van der Waals surface area (Å²) in [5.41, 5.74) is 0.588. The summed E-state index contributed by atoms with van der Waals surface area (Å²) in [5.74, 6) is -0.0764. The van der Waals surface area contributed by atoms with Crippen LogP contribution in [0.2, 0.25) is 5.15 Å². The molecule has 0 unspecified atom stereocenters. The van der Waals surface area contributed by atoms with Gasteiger partial charge in [-0.2, -0.15) is 0 Å². The van der Waals surface area contributed by atoms with Gasteiger partial charge in [-0.25, -0.2) is 9.97 Å². The second-order valence-electron chi connectivity index (χ2n) is 4.20. The summed E-state index contributed by atoms with van der Waals surface area (Å²) in [6, 6.07) is 3.40. The van der Waals surface area contributed by atoms with Crippen molar-refractivity contribution < 1.29 is 9.53 Å². The number of nitrogens with zero attached hydrogens (tertiary/aromatic N) is 3. The molecular weight excluding hydrogens is 280 g/mol. The summed E-state index contributed by atoms with van der Waals surface area (Å²) < 4.78 is 5.52. The van der Waals surface area contributed by atoms with Crippen LogP contribution in [0, 0.1) is 0 Å². The van der Waals surface area contributed by atoms with Crippen LogP contribution in [-0.2, 0) is 0 Å². The fourth-order valence-electron chi connectivity index (χ4n) is 1.44. The first-order valence-electron chi connectivity index (χ1n) is 5.97. The highest BCUT2D eigenvalue weighted by atomic mass is 35.5. The molecule has 7 heteroatoms. The lowest BCUT2D eigenvalue weighted by molar-refractivity contribution is 0.102. The molecule has 0 radical (unpaired) electrons. The fourth-order valence-corrected chi connectivity index (χ4v) is 1.59. The summed E-state index contributed by atoms with van der Waals surface area (Å²) in [6.07, 6.45) is 4.23. The molecule has 20 heavy (non-hydrogen) atoms. The minimum absolute atomic E-state index is 0.0495. The SMILES string of the molecule is CC(C)Oc1ncccc1NC(=O)c1cncc(Cl)n1. The van der Waals surface area contributed by atoms with Crippen molar-refractivity contribution in [1.29, 1.82) is 0 Å². The summed E-state index contributed by atoms with van der Waals surface area (Å²) >= 11 is 5.70. The largest absolute Gasteiger partial charge is 0.473 e. The number of hydrogen-bond donors (Lipinski definition) is 1. The Labute approximate surface area is 121 Å². The first-order valence-corrected chi connectivity index (χ1v) is 6.34. The Kier molecular flexibility index (Phi) is 4.47. The van der Waals surface area contributed by atoms with Crippen molar-refractivity contribution in [3.05, 3.63) is 41.6 Å². The third-order valence-electron chi connectivity index (χ3n) is 2.20. The van der Waals surface area contributed by atoms with Gasteiger partial charge in [0.2, 0.25) is 5.88 Å². The smallest absolute Gasteiger partial charge is 0.276 e. The topological polar surface area (TPSA) is 77.0 Å². The van der Waals surface area contributed by atoms with Gasteiger partial charge in [-0.15, -0.1) is 0 Å². The van der Waals surface area contributed by atoms with E-state index in [1.54, 1.807) is 18.3 Å². The molecule has 0 aliphatic heterocycles. The van der Waals surface area contributed by atoms with E-state index < -0.39 is 5.91 Å². The van der Waals surface area contributed by atoms with Crippen molar-refractivity contribution in [2.75, 3.05) is 5.32 Å². The van der Waals surface area contributed by atoms with E-state index in [4.69, 9.17) is 16.3 Å². The number of halogens is 1. The summed E-state index contributed by atoms with van der Waals surface area (Å²) in [7, 11) is 0. The molecule has 0 bridgehead atoms. The van der Waals surface area contributed by atoms with Gasteiger partial charge in [0, 0.05) is 6.20 Å². The molecule has 104 valence electrons. The number of nitrogens with one attached hydrogen (secondary N) is 1. The van der Waals surface area contributed by atoms with E-state index in [1.165, 1.54) is 12.4 Å². The maximum atomic E-state index is 12.0. The predicted octanol–water partition coefficient (Wildman–Crippen LogP) is 2.56. The van der Waals surface area contributed by atoms with Gasteiger partial charge >= 0.3 is 0 Å². The Morgan fingerprint density at radius 2 is 2.20 bits per heavy atom. The minimum Gasteiger partial charge on any atom is -0.473 e. The molecule has 0 spiro atoms. The van der Waals surface area contributed by atoms with Crippen LogP contribution in [-0.4, -0.2) is 27.0 Å². The second kappa shape index (κ2) is 6.29. The molecule has 2 aromatic rings. The molecule has 0 saturated heterocycles. The molecule has 0 atom stereocenters. The van der Waals surface area contributed by atoms with Crippen molar-refractivity contribution in [2.45, 2.75) is 20.0 Å². The molecule has 0 aliphatic rings. The number of aromatic nitrogens is 3. The average molecular weight is 293 g/mol. The van der Waals surface area contributed by atoms with E-state index in [0.29, 0.717) is 11.6 Å². The van der Waals surface area contributed by atoms with Gasteiger partial charge in [0.05, 0.1) is 18.5 Å². The first-order chi connectivity index (χ1) is 9.56. The first kappa shape index (κ1) is 14.2. The van der Waals surface area contributed by atoms with E-state index in [1.807, 2.05) is 13.8 Å². The number of pyridine rings is 1. The zero-order chi connectivity index (χ0) is 14.5. The molecule has 6 nitrogen and oxygen atoms in total. The van der Waals surface area contributed by atoms with Crippen LogP contribution >= 0.6 is 11.6 Å². The average Bonchev–Trinajstić information content (AvgIpc) is 2.40. The molecule has 0 saturated carbocycles. The Balaban J connectivity index is 2.19. The van der Waals surface area contributed by atoms with Crippen LogP contribution in [0.1, 0.15) is 24.3 Å². The van der Waals surface area contributed by atoms with Crippen LogP contribution in [0.15, 0.2) is 30.7 Å². The summed E-state index contributed by atoms with van der Waals surface area (Å²) in [4.78, 5) is 23.8. The number of carbonyl (C=O) groups excluding carboxylic acids is 1. The van der Waals surface area contributed by atoms with E-state index in [2.05, 4.69) is 20.3 Å². The van der Waals surface area contributed by atoms with Crippen molar-refractivity contribution >= 4 is 23.2 Å². The molecule has 2 heterocycles. The molecule has 1 amide bonds. The lowest BCUT2D eigenvalue weighted by Crippen LogP contribution is -2.16. The number of carbonyl (C=O) groups is 1. The Morgan fingerprint density at radius 3 is 2.90 bits per heavy atom.